The minimum atomic E-state index is -0.436. The van der Waals surface area contributed by atoms with Crippen LogP contribution >= 0.6 is 0 Å². The van der Waals surface area contributed by atoms with Crippen LogP contribution in [-0.4, -0.2) is 27.6 Å². The van der Waals surface area contributed by atoms with Crippen molar-refractivity contribution in [2.45, 2.75) is 13.3 Å². The average molecular weight is 449 g/mol. The van der Waals surface area contributed by atoms with Crippen LogP contribution in [0.5, 0.6) is 11.5 Å². The third-order valence-electron chi connectivity index (χ3n) is 4.96. The zero-order valence-corrected chi connectivity index (χ0v) is 18.4. The van der Waals surface area contributed by atoms with Gasteiger partial charge in [-0.3, -0.25) is 0 Å². The van der Waals surface area contributed by atoms with Crippen molar-refractivity contribution in [2.75, 3.05) is 6.61 Å². The number of carbonyl (C=O) groups excluding carboxylic acids is 1. The second kappa shape index (κ2) is 9.68. The first kappa shape index (κ1) is 22.3. The van der Waals surface area contributed by atoms with Crippen LogP contribution in [0.25, 0.3) is 16.7 Å². The lowest BCUT2D eigenvalue weighted by Crippen LogP contribution is -2.09. The Morgan fingerprint density at radius 3 is 2.35 bits per heavy atom. The zero-order valence-electron chi connectivity index (χ0n) is 18.4. The van der Waals surface area contributed by atoms with Crippen molar-refractivity contribution in [3.8, 4) is 29.3 Å². The van der Waals surface area contributed by atoms with Crippen molar-refractivity contribution in [1.82, 2.24) is 15.0 Å². The molecule has 8 nitrogen and oxygen atoms in total. The molecule has 0 N–H and O–H groups in total. The lowest BCUT2D eigenvalue weighted by Gasteiger charge is -2.13. The second-order valence-electron chi connectivity index (χ2n) is 7.48. The van der Waals surface area contributed by atoms with Crippen LogP contribution in [0, 0.1) is 22.7 Å². The van der Waals surface area contributed by atoms with E-state index in [9.17, 15) is 10.1 Å². The van der Waals surface area contributed by atoms with Gasteiger partial charge in [0.25, 0.3) is 0 Å². The Kier molecular flexibility index (Phi) is 6.33. The molecule has 8 heteroatoms. The quantitative estimate of drug-likeness (QED) is 0.299. The molecule has 3 aromatic carbocycles. The van der Waals surface area contributed by atoms with Gasteiger partial charge in [-0.15, -0.1) is 15.0 Å². The highest BCUT2D eigenvalue weighted by molar-refractivity contribution is 5.86. The van der Waals surface area contributed by atoms with Gasteiger partial charge < -0.3 is 9.47 Å². The summed E-state index contributed by atoms with van der Waals surface area (Å²) in [6, 6.07) is 21.6. The predicted octanol–water partition coefficient (Wildman–Crippen LogP) is 4.62. The number of aromatic nitrogens is 3. The van der Waals surface area contributed by atoms with E-state index in [4.69, 9.17) is 14.7 Å². The van der Waals surface area contributed by atoms with E-state index in [0.717, 1.165) is 16.6 Å². The van der Waals surface area contributed by atoms with Crippen molar-refractivity contribution in [2.24, 2.45) is 0 Å². The zero-order chi connectivity index (χ0) is 24.1. The van der Waals surface area contributed by atoms with E-state index in [0.29, 0.717) is 29.2 Å². The van der Waals surface area contributed by atoms with Gasteiger partial charge in [-0.1, -0.05) is 24.8 Å². The van der Waals surface area contributed by atoms with Crippen molar-refractivity contribution < 1.29 is 14.3 Å². The first-order valence-corrected chi connectivity index (χ1v) is 10.4. The molecule has 4 aromatic rings. The summed E-state index contributed by atoms with van der Waals surface area (Å²) in [4.78, 5) is 13.2. The molecular formula is C26H19N5O3. The fourth-order valence-corrected chi connectivity index (χ4v) is 3.22. The lowest BCUT2D eigenvalue weighted by atomic mass is 10.1. The topological polar surface area (TPSA) is 114 Å². The molecule has 0 atom stereocenters. The Morgan fingerprint density at radius 2 is 1.71 bits per heavy atom. The number of nitriles is 2. The molecule has 0 aliphatic rings. The number of nitrogens with zero attached hydrogens (tertiary/aromatic N) is 5. The first-order valence-electron chi connectivity index (χ1n) is 10.4. The largest absolute Gasteiger partial charge is 0.462 e. The Hall–Kier alpha value is -4.95. The molecular weight excluding hydrogens is 430 g/mol. The Bertz CT molecular complexity index is 1460. The molecule has 0 saturated carbocycles. The molecule has 0 saturated heterocycles. The number of hydrogen-bond donors (Lipinski definition) is 0. The molecule has 0 aliphatic heterocycles. The summed E-state index contributed by atoms with van der Waals surface area (Å²) in [6.07, 6.45) is 0.475. The fraction of sp³-hybridized carbons (Fsp3) is 0.115. The van der Waals surface area contributed by atoms with Gasteiger partial charge in [0.05, 0.1) is 17.7 Å². The number of rotatable bonds is 7. The summed E-state index contributed by atoms with van der Waals surface area (Å²) in [7, 11) is 0. The molecule has 34 heavy (non-hydrogen) atoms. The van der Waals surface area contributed by atoms with Crippen LogP contribution in [0.4, 0.5) is 0 Å². The minimum Gasteiger partial charge on any atom is -0.462 e. The Labute approximate surface area is 195 Å². The van der Waals surface area contributed by atoms with Gasteiger partial charge in [0.15, 0.2) is 5.75 Å². The molecule has 0 spiro atoms. The van der Waals surface area contributed by atoms with Crippen LogP contribution < -0.4 is 4.74 Å². The fourth-order valence-electron chi connectivity index (χ4n) is 3.22. The van der Waals surface area contributed by atoms with Gasteiger partial charge in [-0.25, -0.2) is 4.79 Å². The summed E-state index contributed by atoms with van der Waals surface area (Å²) < 4.78 is 11.3. The summed E-state index contributed by atoms with van der Waals surface area (Å²) in [5, 5.41) is 27.6. The number of carbonyl (C=O) groups is 1. The van der Waals surface area contributed by atoms with Crippen LogP contribution in [-0.2, 0) is 16.0 Å². The number of hydrogen-bond acceptors (Lipinski definition) is 7. The van der Waals surface area contributed by atoms with Crippen LogP contribution in [0.15, 0.2) is 72.8 Å². The molecule has 0 amide bonds. The molecule has 0 bridgehead atoms. The van der Waals surface area contributed by atoms with Gasteiger partial charge >= 0.3 is 5.97 Å². The SMILES string of the molecule is C=C(C)C(=O)OCCc1ccc(Oc2ccc(C#N)c(C#N)c2)c(-n2nc3ccccc3n2)c1. The number of benzene rings is 3. The van der Waals surface area contributed by atoms with E-state index in [2.05, 4.69) is 16.8 Å². The van der Waals surface area contributed by atoms with E-state index < -0.39 is 5.97 Å². The van der Waals surface area contributed by atoms with E-state index in [1.807, 2.05) is 48.5 Å². The molecule has 1 heterocycles. The smallest absolute Gasteiger partial charge is 0.333 e. The highest BCUT2D eigenvalue weighted by atomic mass is 16.5. The molecule has 1 aromatic heterocycles. The van der Waals surface area contributed by atoms with Crippen LogP contribution in [0.1, 0.15) is 23.6 Å². The number of fused-ring (bicyclic) bond motifs is 1. The number of ether oxygens (including phenoxy) is 2. The van der Waals surface area contributed by atoms with Crippen molar-refractivity contribution >= 4 is 17.0 Å². The van der Waals surface area contributed by atoms with Gasteiger partial charge in [-0.05, 0) is 55.0 Å². The van der Waals surface area contributed by atoms with Gasteiger partial charge in [0.1, 0.15) is 34.6 Å². The van der Waals surface area contributed by atoms with E-state index >= 15 is 0 Å². The maximum Gasteiger partial charge on any atom is 0.333 e. The minimum absolute atomic E-state index is 0.195. The monoisotopic (exact) mass is 449 g/mol. The first-order chi connectivity index (χ1) is 16.5. The Morgan fingerprint density at radius 1 is 1.00 bits per heavy atom. The third kappa shape index (κ3) is 4.77. The highest BCUT2D eigenvalue weighted by Crippen LogP contribution is 2.30. The van der Waals surface area contributed by atoms with E-state index in [1.165, 1.54) is 10.9 Å². The molecule has 0 unspecified atom stereocenters. The summed E-state index contributed by atoms with van der Waals surface area (Å²) >= 11 is 0. The van der Waals surface area contributed by atoms with Gasteiger partial charge in [-0.2, -0.15) is 10.5 Å². The van der Waals surface area contributed by atoms with Crippen LogP contribution in [0.3, 0.4) is 0 Å². The predicted molar refractivity (Wildman–Crippen MR) is 124 cm³/mol. The van der Waals surface area contributed by atoms with Crippen molar-refractivity contribution in [1.29, 1.82) is 10.5 Å². The maximum absolute atomic E-state index is 11.7. The van der Waals surface area contributed by atoms with E-state index in [-0.39, 0.29) is 17.7 Å². The maximum atomic E-state index is 11.7. The molecule has 0 fully saturated rings. The summed E-state index contributed by atoms with van der Waals surface area (Å²) in [5.74, 6) is 0.419. The number of esters is 1. The molecule has 4 rings (SSSR count). The summed E-state index contributed by atoms with van der Waals surface area (Å²) in [6.45, 7) is 5.38. The van der Waals surface area contributed by atoms with Crippen molar-refractivity contribution in [3.63, 3.8) is 0 Å². The molecule has 166 valence electrons. The van der Waals surface area contributed by atoms with Gasteiger partial charge in [0, 0.05) is 12.0 Å². The normalized spacial score (nSPS) is 10.3. The average Bonchev–Trinajstić information content (AvgIpc) is 3.28. The lowest BCUT2D eigenvalue weighted by molar-refractivity contribution is -0.138. The van der Waals surface area contributed by atoms with Crippen LogP contribution in [0.2, 0.25) is 0 Å². The summed E-state index contributed by atoms with van der Waals surface area (Å²) in [5.41, 5.74) is 3.74. The molecule has 0 aliphatic carbocycles. The highest BCUT2D eigenvalue weighted by Gasteiger charge is 2.14. The third-order valence-corrected chi connectivity index (χ3v) is 4.96. The van der Waals surface area contributed by atoms with Crippen molar-refractivity contribution in [3.05, 3.63) is 89.5 Å². The standard InChI is InChI=1S/C26H19N5O3/c1-17(2)26(32)33-12-11-18-7-10-25(34-21-9-8-19(15-27)20(14-21)16-28)24(13-18)31-29-22-5-3-4-6-23(22)30-31/h3-10,13-14H,1,11-12H2,2H3. The Balaban J connectivity index is 1.69. The second-order valence-corrected chi connectivity index (χ2v) is 7.48. The van der Waals surface area contributed by atoms with Gasteiger partial charge in [0.2, 0.25) is 0 Å². The molecule has 0 radical (unpaired) electrons. The van der Waals surface area contributed by atoms with E-state index in [1.54, 1.807) is 25.1 Å².